The Labute approximate surface area is 65.0 Å². The molecule has 0 aliphatic rings. The van der Waals surface area contributed by atoms with Gasteiger partial charge >= 0.3 is 0 Å². The van der Waals surface area contributed by atoms with Crippen molar-refractivity contribution in [3.05, 3.63) is 25.0 Å². The minimum atomic E-state index is 0.921. The highest BCUT2D eigenvalue weighted by atomic mass is 32.2. The van der Waals surface area contributed by atoms with Crippen molar-refractivity contribution in [1.29, 1.82) is 0 Å². The Morgan fingerprint density at radius 3 is 3.20 bits per heavy atom. The van der Waals surface area contributed by atoms with Crippen LogP contribution < -0.4 is 0 Å². The molecular formula is C7H10N2S. The van der Waals surface area contributed by atoms with Gasteiger partial charge in [0, 0.05) is 25.2 Å². The molecule has 1 rings (SSSR count). The van der Waals surface area contributed by atoms with Gasteiger partial charge in [-0.3, -0.25) is 0 Å². The maximum Gasteiger partial charge on any atom is 0.167 e. The molecule has 3 heteroatoms. The van der Waals surface area contributed by atoms with Crippen LogP contribution in [-0.4, -0.2) is 15.3 Å². The maximum absolute atomic E-state index is 4.13. The Bertz CT molecular complexity index is 217. The van der Waals surface area contributed by atoms with E-state index in [1.165, 1.54) is 0 Å². The fourth-order valence-electron chi connectivity index (χ4n) is 0.624. The summed E-state index contributed by atoms with van der Waals surface area (Å²) in [6.07, 6.45) is 5.61. The molecule has 0 amide bonds. The van der Waals surface area contributed by atoms with E-state index < -0.39 is 0 Å². The van der Waals surface area contributed by atoms with E-state index in [-0.39, 0.29) is 0 Å². The zero-order valence-corrected chi connectivity index (χ0v) is 6.77. The molecule has 2 nitrogen and oxygen atoms in total. The lowest BCUT2D eigenvalue weighted by Gasteiger charge is -1.95. The molecule has 1 aromatic rings. The van der Waals surface area contributed by atoms with Crippen LogP contribution in [-0.2, 0) is 7.05 Å². The summed E-state index contributed by atoms with van der Waals surface area (Å²) in [5, 5.41) is 1.04. The van der Waals surface area contributed by atoms with Crippen LogP contribution in [0.4, 0.5) is 0 Å². The lowest BCUT2D eigenvalue weighted by molar-refractivity contribution is 0.791. The molecule has 0 saturated carbocycles. The number of rotatable bonds is 3. The summed E-state index contributed by atoms with van der Waals surface area (Å²) >= 11 is 1.69. The first-order chi connectivity index (χ1) is 4.84. The van der Waals surface area contributed by atoms with Crippen LogP contribution in [0.3, 0.4) is 0 Å². The lowest BCUT2D eigenvalue weighted by Crippen LogP contribution is -1.88. The van der Waals surface area contributed by atoms with Crippen LogP contribution in [0.25, 0.3) is 0 Å². The normalized spacial score (nSPS) is 9.70. The van der Waals surface area contributed by atoms with E-state index in [0.717, 1.165) is 10.9 Å². The largest absolute Gasteiger partial charge is 0.329 e. The summed E-state index contributed by atoms with van der Waals surface area (Å²) < 4.78 is 1.99. The average molecular weight is 155 g/mol. The average Bonchev–Trinajstić information content (AvgIpc) is 2.31. The summed E-state index contributed by atoms with van der Waals surface area (Å²) in [7, 11) is 1.98. The van der Waals surface area contributed by atoms with Gasteiger partial charge in [-0.2, -0.15) is 0 Å². The first-order valence-electron chi connectivity index (χ1n) is 3.05. The molecule has 54 valence electrons. The third kappa shape index (κ3) is 1.64. The highest BCUT2D eigenvalue weighted by Crippen LogP contribution is 2.13. The van der Waals surface area contributed by atoms with Gasteiger partial charge in [0.15, 0.2) is 5.16 Å². The van der Waals surface area contributed by atoms with Crippen molar-refractivity contribution < 1.29 is 0 Å². The van der Waals surface area contributed by atoms with E-state index in [9.17, 15) is 0 Å². The van der Waals surface area contributed by atoms with Gasteiger partial charge in [-0.15, -0.1) is 6.58 Å². The lowest BCUT2D eigenvalue weighted by atomic mass is 10.8. The van der Waals surface area contributed by atoms with Crippen LogP contribution in [0.2, 0.25) is 0 Å². The first kappa shape index (κ1) is 7.41. The second kappa shape index (κ2) is 3.46. The van der Waals surface area contributed by atoms with Crippen LogP contribution in [0.15, 0.2) is 30.2 Å². The van der Waals surface area contributed by atoms with Crippen molar-refractivity contribution in [2.24, 2.45) is 7.05 Å². The van der Waals surface area contributed by atoms with Gasteiger partial charge in [0.05, 0.1) is 0 Å². The number of aryl methyl sites for hydroxylation is 1. The molecule has 0 unspecified atom stereocenters. The Morgan fingerprint density at radius 1 is 1.90 bits per heavy atom. The molecule has 0 fully saturated rings. The Morgan fingerprint density at radius 2 is 2.70 bits per heavy atom. The number of hydrogen-bond donors (Lipinski definition) is 0. The summed E-state index contributed by atoms with van der Waals surface area (Å²) in [4.78, 5) is 4.13. The molecule has 0 aliphatic heterocycles. The SMILES string of the molecule is C=CCS[13c]1nccn1C. The second-order valence-electron chi connectivity index (χ2n) is 1.92. The minimum Gasteiger partial charge on any atom is -0.329 e. The molecule has 0 atom stereocenters. The third-order valence-electron chi connectivity index (χ3n) is 1.11. The molecule has 0 N–H and O–H groups in total. The quantitative estimate of drug-likeness (QED) is 0.488. The molecule has 0 bridgehead atoms. The highest BCUT2D eigenvalue weighted by molar-refractivity contribution is 7.99. The summed E-state index contributed by atoms with van der Waals surface area (Å²) in [6.45, 7) is 3.63. The third-order valence-corrected chi connectivity index (χ3v) is 2.16. The Balaban J connectivity index is 2.56. The fraction of sp³-hybridized carbons (Fsp3) is 0.286. The molecule has 0 spiro atoms. The van der Waals surface area contributed by atoms with Crippen LogP contribution >= 0.6 is 11.8 Å². The van der Waals surface area contributed by atoms with E-state index in [4.69, 9.17) is 0 Å². The maximum atomic E-state index is 4.13. The zero-order chi connectivity index (χ0) is 7.40. The van der Waals surface area contributed by atoms with E-state index in [1.807, 2.05) is 23.9 Å². The number of nitrogens with zero attached hydrogens (tertiary/aromatic N) is 2. The van der Waals surface area contributed by atoms with Gasteiger partial charge in [0.2, 0.25) is 0 Å². The second-order valence-corrected chi connectivity index (χ2v) is 2.91. The number of imidazole rings is 1. The summed E-state index contributed by atoms with van der Waals surface area (Å²) in [6, 6.07) is 0. The molecule has 1 heterocycles. The predicted octanol–water partition coefficient (Wildman–Crippen LogP) is 1.70. The molecule has 1 aromatic heterocycles. The fourth-order valence-corrected chi connectivity index (χ4v) is 1.29. The molecule has 0 saturated heterocycles. The van der Waals surface area contributed by atoms with Crippen LogP contribution in [0.1, 0.15) is 0 Å². The first-order valence-corrected chi connectivity index (χ1v) is 4.04. The van der Waals surface area contributed by atoms with E-state index in [2.05, 4.69) is 11.6 Å². The van der Waals surface area contributed by atoms with Gasteiger partial charge < -0.3 is 4.57 Å². The van der Waals surface area contributed by atoms with Gasteiger partial charge in [0.25, 0.3) is 0 Å². The van der Waals surface area contributed by atoms with Crippen molar-refractivity contribution in [2.45, 2.75) is 5.16 Å². The summed E-state index contributed by atoms with van der Waals surface area (Å²) in [5.41, 5.74) is 0. The summed E-state index contributed by atoms with van der Waals surface area (Å²) in [5.74, 6) is 0.921. The zero-order valence-electron chi connectivity index (χ0n) is 5.95. The van der Waals surface area contributed by atoms with Crippen molar-refractivity contribution in [3.63, 3.8) is 0 Å². The molecule has 10 heavy (non-hydrogen) atoms. The number of thioether (sulfide) groups is 1. The van der Waals surface area contributed by atoms with Crippen molar-refractivity contribution in [3.8, 4) is 0 Å². The van der Waals surface area contributed by atoms with Gasteiger partial charge in [-0.1, -0.05) is 17.8 Å². The van der Waals surface area contributed by atoms with Gasteiger partial charge in [-0.05, 0) is 0 Å². The molecule has 0 aromatic carbocycles. The molecule has 0 aliphatic carbocycles. The monoisotopic (exact) mass is 155 g/mol. The van der Waals surface area contributed by atoms with Crippen LogP contribution in [0, 0.1) is 0 Å². The van der Waals surface area contributed by atoms with E-state index in [0.29, 0.717) is 0 Å². The predicted molar refractivity (Wildman–Crippen MR) is 44.1 cm³/mol. The van der Waals surface area contributed by atoms with E-state index >= 15 is 0 Å². The Hall–Kier alpha value is -0.700. The standard InChI is InChI=1S/C7H10N2S/c1-3-6-10-7-8-4-5-9(7)2/h3-5H,1,6H2,2H3/i7+1. The van der Waals surface area contributed by atoms with Crippen LogP contribution in [0.5, 0.6) is 0 Å². The number of aromatic nitrogens is 2. The van der Waals surface area contributed by atoms with Crippen molar-refractivity contribution in [1.82, 2.24) is 9.55 Å². The van der Waals surface area contributed by atoms with Gasteiger partial charge in [-0.25, -0.2) is 4.98 Å². The number of hydrogen-bond acceptors (Lipinski definition) is 2. The van der Waals surface area contributed by atoms with E-state index in [1.54, 1.807) is 18.0 Å². The van der Waals surface area contributed by atoms with Crippen molar-refractivity contribution >= 4 is 11.8 Å². The molecular weight excluding hydrogens is 145 g/mol. The molecule has 0 radical (unpaired) electrons. The smallest absolute Gasteiger partial charge is 0.167 e. The minimum absolute atomic E-state index is 0.921. The topological polar surface area (TPSA) is 17.8 Å². The van der Waals surface area contributed by atoms with Gasteiger partial charge in [0.1, 0.15) is 0 Å². The Kier molecular flexibility index (Phi) is 2.57. The highest BCUT2D eigenvalue weighted by Gasteiger charge is 1.95. The van der Waals surface area contributed by atoms with Crippen molar-refractivity contribution in [2.75, 3.05) is 5.75 Å².